The van der Waals surface area contributed by atoms with Crippen molar-refractivity contribution in [3.63, 3.8) is 0 Å². The SMILES string of the molecule is CCCN(CCC)C(=O)C1=Cc2ccc(C(=O)Nc3ccc(N4CCC(C(=O)NCCCC(=O)OCc5ccc(CC(=O)[C@H](CCCNC(N)=O)NC(=O)[C@@H](CC(=O)CCCCCCC(C)C)C(C)C)cc5)CC4)nc3)cc2N=C(N)C1. The minimum atomic E-state index is -0.838. The molecule has 3 heterocycles. The van der Waals surface area contributed by atoms with Crippen molar-refractivity contribution >= 4 is 76.3 Å². The number of nitrogens with one attached hydrogen (secondary N) is 4. The maximum atomic E-state index is 13.7. The third-order valence-corrected chi connectivity index (χ3v) is 14.9. The number of Topliss-reactive ketones (excluding diaryl/α,β-unsaturated/α-hetero) is 2. The molecule has 0 spiro atoms. The van der Waals surface area contributed by atoms with Crippen LogP contribution < -0.4 is 37.6 Å². The summed E-state index contributed by atoms with van der Waals surface area (Å²) in [6, 6.07) is 14.4. The van der Waals surface area contributed by atoms with E-state index in [1.165, 1.54) is 6.42 Å². The molecule has 3 aromatic rings. The maximum absolute atomic E-state index is 13.7. The van der Waals surface area contributed by atoms with E-state index in [-0.39, 0.29) is 92.3 Å². The van der Waals surface area contributed by atoms with Crippen LogP contribution in [0.25, 0.3) is 6.08 Å². The first-order valence-electron chi connectivity index (χ1n) is 29.7. The van der Waals surface area contributed by atoms with Crippen LogP contribution in [0, 0.1) is 23.7 Å². The number of urea groups is 1. The molecular weight excluding hydrogens is 1040 g/mol. The normalized spacial score (nSPS) is 14.1. The Morgan fingerprint density at radius 2 is 1.49 bits per heavy atom. The number of hydrogen-bond donors (Lipinski definition) is 6. The van der Waals surface area contributed by atoms with Crippen molar-refractivity contribution in [2.24, 2.45) is 40.1 Å². The first kappa shape index (κ1) is 65.4. The van der Waals surface area contributed by atoms with Crippen molar-refractivity contribution in [3.05, 3.63) is 88.6 Å². The number of esters is 1. The number of carbonyl (C=O) groups is 8. The number of anilines is 2. The number of piperidine rings is 1. The quantitative estimate of drug-likeness (QED) is 0.0242. The number of pyridine rings is 1. The van der Waals surface area contributed by atoms with Crippen molar-refractivity contribution in [1.29, 1.82) is 0 Å². The zero-order valence-electron chi connectivity index (χ0n) is 49.3. The molecule has 1 aromatic heterocycles. The molecule has 0 unspecified atom stereocenters. The zero-order valence-corrected chi connectivity index (χ0v) is 49.3. The second kappa shape index (κ2) is 34.1. The number of hydrogen-bond acceptors (Lipinski definition) is 13. The Labute approximate surface area is 485 Å². The molecule has 19 heteroatoms. The molecule has 5 rings (SSSR count). The number of carbonyl (C=O) groups excluding carboxylic acids is 8. The predicted molar refractivity (Wildman–Crippen MR) is 321 cm³/mol. The predicted octanol–water partition coefficient (Wildman–Crippen LogP) is 8.89. The van der Waals surface area contributed by atoms with E-state index in [4.69, 9.17) is 16.2 Å². The number of rotatable bonds is 34. The molecular formula is C63H90N10O9. The van der Waals surface area contributed by atoms with Gasteiger partial charge in [-0.3, -0.25) is 33.6 Å². The monoisotopic (exact) mass is 1130 g/mol. The highest BCUT2D eigenvalue weighted by atomic mass is 16.5. The van der Waals surface area contributed by atoms with Gasteiger partial charge in [0, 0.05) is 99.9 Å². The standard InChI is InChI=1S/C63H90N10O9/c1-7-31-73(32-8-2)62(80)49-36-47-23-24-48(37-54(47)70-56(64)38-49)60(78)69-50-25-26-57(68-40-50)72-33-27-46(28-34-72)59(77)66-29-14-18-58(76)82-41-45-21-19-44(20-22-45)35-55(75)53(17-13-30-67-63(65)81)71-61(79)52(43(5)6)39-51(74)16-12-10-9-11-15-42(3)4/h19-26,36-37,40,42-43,46,52-53H,7-18,27-35,38-39,41H2,1-6H3,(H2,64,70)(H,66,77)(H,69,78)(H,71,79)(H3,65,67,81)/t52-,53-/m0/s1. The van der Waals surface area contributed by atoms with Crippen molar-refractivity contribution in [3.8, 4) is 0 Å². The summed E-state index contributed by atoms with van der Waals surface area (Å²) in [6.07, 6.45) is 13.6. The Morgan fingerprint density at radius 1 is 0.793 bits per heavy atom. The molecule has 0 saturated carbocycles. The van der Waals surface area contributed by atoms with E-state index >= 15 is 0 Å². The number of aliphatic imine (C=N–C) groups is 1. The first-order chi connectivity index (χ1) is 39.3. The van der Waals surface area contributed by atoms with E-state index in [0.717, 1.165) is 49.9 Å². The largest absolute Gasteiger partial charge is 0.461 e. The van der Waals surface area contributed by atoms with E-state index in [9.17, 15) is 38.4 Å². The van der Waals surface area contributed by atoms with Crippen LogP contribution in [0.3, 0.4) is 0 Å². The Bertz CT molecular complexity index is 2670. The van der Waals surface area contributed by atoms with Crippen LogP contribution in [0.1, 0.15) is 171 Å². The number of amidine groups is 1. The fraction of sp³-hybridized carbons (Fsp3) is 0.556. The average molecular weight is 1130 g/mol. The summed E-state index contributed by atoms with van der Waals surface area (Å²) < 4.78 is 5.51. The van der Waals surface area contributed by atoms with Crippen molar-refractivity contribution in [1.82, 2.24) is 25.8 Å². The number of amides is 6. The van der Waals surface area contributed by atoms with Crippen molar-refractivity contribution in [2.75, 3.05) is 49.5 Å². The molecule has 2 aliphatic rings. The highest BCUT2D eigenvalue weighted by molar-refractivity contribution is 6.08. The molecule has 6 amide bonds. The average Bonchev–Trinajstić information content (AvgIpc) is 3.70. The van der Waals surface area contributed by atoms with Gasteiger partial charge in [-0.25, -0.2) is 14.8 Å². The van der Waals surface area contributed by atoms with Crippen LogP contribution in [-0.2, 0) is 46.5 Å². The Kier molecular flexibility index (Phi) is 27.2. The van der Waals surface area contributed by atoms with Gasteiger partial charge in [-0.15, -0.1) is 0 Å². The molecule has 2 aromatic carbocycles. The lowest BCUT2D eigenvalue weighted by atomic mass is 9.88. The van der Waals surface area contributed by atoms with Crippen molar-refractivity contribution < 1.29 is 43.1 Å². The topological polar surface area (TPSA) is 278 Å². The zero-order chi connectivity index (χ0) is 59.6. The number of ketones is 2. The van der Waals surface area contributed by atoms with Crippen LogP contribution in [0.5, 0.6) is 0 Å². The Hall–Kier alpha value is -7.44. The highest BCUT2D eigenvalue weighted by Gasteiger charge is 2.30. The first-order valence-corrected chi connectivity index (χ1v) is 29.7. The fourth-order valence-electron chi connectivity index (χ4n) is 10.2. The van der Waals surface area contributed by atoms with Crippen LogP contribution >= 0.6 is 0 Å². The summed E-state index contributed by atoms with van der Waals surface area (Å²) >= 11 is 0. The molecule has 82 heavy (non-hydrogen) atoms. The fourth-order valence-corrected chi connectivity index (χ4v) is 10.2. The molecule has 0 radical (unpaired) electrons. The molecule has 2 aliphatic heterocycles. The summed E-state index contributed by atoms with van der Waals surface area (Å²) in [5.41, 5.74) is 15.6. The molecule has 1 fully saturated rings. The second-order valence-electron chi connectivity index (χ2n) is 22.6. The van der Waals surface area contributed by atoms with Gasteiger partial charge in [0.1, 0.15) is 24.0 Å². The molecule has 0 aliphatic carbocycles. The minimum absolute atomic E-state index is 0.0333. The summed E-state index contributed by atoms with van der Waals surface area (Å²) in [4.78, 5) is 117. The molecule has 8 N–H and O–H groups in total. The third kappa shape index (κ3) is 22.1. The van der Waals surface area contributed by atoms with Gasteiger partial charge in [0.15, 0.2) is 5.78 Å². The maximum Gasteiger partial charge on any atom is 0.312 e. The number of unbranched alkanes of at least 4 members (excludes halogenated alkanes) is 3. The number of benzene rings is 2. The van der Waals surface area contributed by atoms with Crippen molar-refractivity contribution in [2.45, 2.75) is 163 Å². The summed E-state index contributed by atoms with van der Waals surface area (Å²) in [6.45, 7) is 15.5. The third-order valence-electron chi connectivity index (χ3n) is 14.9. The summed E-state index contributed by atoms with van der Waals surface area (Å²) in [7, 11) is 0. The summed E-state index contributed by atoms with van der Waals surface area (Å²) in [5, 5.41) is 11.3. The van der Waals surface area contributed by atoms with Crippen LogP contribution in [-0.4, -0.2) is 108 Å². The number of aromatic nitrogens is 1. The van der Waals surface area contributed by atoms with E-state index in [1.54, 1.807) is 54.7 Å². The van der Waals surface area contributed by atoms with Crippen LogP contribution in [0.4, 0.5) is 22.0 Å². The lowest BCUT2D eigenvalue weighted by Crippen LogP contribution is -2.46. The molecule has 2 atom stereocenters. The van der Waals surface area contributed by atoms with Gasteiger partial charge in [0.2, 0.25) is 17.7 Å². The van der Waals surface area contributed by atoms with E-state index in [0.29, 0.717) is 110 Å². The van der Waals surface area contributed by atoms with E-state index in [1.807, 2.05) is 44.7 Å². The van der Waals surface area contributed by atoms with Gasteiger partial charge in [0.05, 0.1) is 23.6 Å². The van der Waals surface area contributed by atoms with Gasteiger partial charge in [-0.2, -0.15) is 0 Å². The number of nitrogens with zero attached hydrogens (tertiary/aromatic N) is 4. The number of nitrogens with two attached hydrogens (primary N) is 2. The highest BCUT2D eigenvalue weighted by Crippen LogP contribution is 2.30. The van der Waals surface area contributed by atoms with Gasteiger partial charge in [-0.05, 0) is 105 Å². The van der Waals surface area contributed by atoms with Crippen LogP contribution in [0.15, 0.2) is 71.4 Å². The number of primary amides is 1. The summed E-state index contributed by atoms with van der Waals surface area (Å²) in [5.74, 6) is -0.549. The van der Waals surface area contributed by atoms with Gasteiger partial charge >= 0.3 is 12.0 Å². The van der Waals surface area contributed by atoms with Gasteiger partial charge < -0.3 is 47.3 Å². The number of fused-ring (bicyclic) bond motifs is 1. The smallest absolute Gasteiger partial charge is 0.312 e. The molecule has 0 bridgehead atoms. The van der Waals surface area contributed by atoms with E-state index in [2.05, 4.69) is 50.0 Å². The van der Waals surface area contributed by atoms with E-state index < -0.39 is 24.0 Å². The number of ether oxygens (including phenoxy) is 1. The van der Waals surface area contributed by atoms with Crippen LogP contribution in [0.2, 0.25) is 0 Å². The van der Waals surface area contributed by atoms with Gasteiger partial charge in [-0.1, -0.05) is 97.6 Å². The second-order valence-corrected chi connectivity index (χ2v) is 22.6. The lowest BCUT2D eigenvalue weighted by molar-refractivity contribution is -0.145. The minimum Gasteiger partial charge on any atom is -0.461 e. The molecule has 19 nitrogen and oxygen atoms in total. The Morgan fingerprint density at radius 3 is 2.15 bits per heavy atom. The molecule has 1 saturated heterocycles. The lowest BCUT2D eigenvalue weighted by Gasteiger charge is -2.32. The Balaban J connectivity index is 0.999. The van der Waals surface area contributed by atoms with Gasteiger partial charge in [0.25, 0.3) is 5.91 Å². The molecule has 446 valence electrons.